The Kier molecular flexibility index (Phi) is 5.97. The molecule has 1 aromatic heterocycles. The Balaban J connectivity index is 1.67. The fourth-order valence-corrected chi connectivity index (χ4v) is 8.35. The van der Waals surface area contributed by atoms with Crippen LogP contribution in [0.1, 0.15) is 78.4 Å². The summed E-state index contributed by atoms with van der Waals surface area (Å²) in [6, 6.07) is 1.76. The number of carboxylic acid groups (broad SMARTS) is 1. The molecule has 2 N–H and O–H groups in total. The second-order valence-electron chi connectivity index (χ2n) is 12.5. The molecular formula is C29H37O9. The molecule has 38 heavy (non-hydrogen) atoms. The van der Waals surface area contributed by atoms with Crippen molar-refractivity contribution in [1.29, 1.82) is 0 Å². The molecule has 1 spiro atoms. The zero-order valence-corrected chi connectivity index (χ0v) is 22.6. The topological polar surface area (TPSA) is 132 Å². The smallest absolute Gasteiger partial charge is 0.309 e. The standard InChI is InChI=1S/C29H37O9/c1-16-28(34)11-10-26(5)24(18-9-12-35-15-18)37-23(33)14-29(16,26)38-21-13-20(36-17(2)30)25(3,4)19(27(21,28)6)7-8-22(31)32/h7,9,12,15,19-21,24,34H,1,8,10-11,13-14H2,2-6H3,(H,31,32)/t19-,20-,21-,24-,26-,27+,28-,29+/m0/s1. The Labute approximate surface area is 222 Å². The van der Waals surface area contributed by atoms with Crippen molar-refractivity contribution in [3.8, 4) is 0 Å². The Bertz CT molecular complexity index is 1170. The van der Waals surface area contributed by atoms with Crippen LogP contribution in [0, 0.1) is 28.6 Å². The SMILES string of the molecule is C=C1[C@@]2(O)CC[C@@]3(C)[C@H](c4ccoc4)OC(=O)C[C@@]13O[C@H]1C[C@H](OC(C)=O)C(C)(C)[C@H]([CH]CC(=O)O)[C@]12C. The lowest BCUT2D eigenvalue weighted by Crippen LogP contribution is -2.79. The molecule has 0 aromatic carbocycles. The quantitative estimate of drug-likeness (QED) is 0.426. The molecule has 3 heterocycles. The van der Waals surface area contributed by atoms with E-state index in [0.29, 0.717) is 24.0 Å². The highest BCUT2D eigenvalue weighted by molar-refractivity contribution is 5.75. The number of furan rings is 1. The molecule has 9 nitrogen and oxygen atoms in total. The number of carboxylic acids is 1. The van der Waals surface area contributed by atoms with Crippen molar-refractivity contribution in [3.05, 3.63) is 42.7 Å². The molecule has 5 rings (SSSR count). The molecule has 4 fully saturated rings. The molecule has 2 saturated carbocycles. The number of ether oxygens (including phenoxy) is 3. The molecule has 8 atom stereocenters. The van der Waals surface area contributed by atoms with Crippen LogP contribution >= 0.6 is 0 Å². The first-order valence-corrected chi connectivity index (χ1v) is 13.2. The highest BCUT2D eigenvalue weighted by Crippen LogP contribution is 2.73. The molecule has 9 heteroatoms. The van der Waals surface area contributed by atoms with Crippen molar-refractivity contribution in [1.82, 2.24) is 0 Å². The van der Waals surface area contributed by atoms with E-state index in [1.54, 1.807) is 18.8 Å². The number of aliphatic hydroxyl groups is 1. The van der Waals surface area contributed by atoms with Crippen LogP contribution in [0.3, 0.4) is 0 Å². The first kappa shape index (κ1) is 26.9. The van der Waals surface area contributed by atoms with Crippen LogP contribution in [0.25, 0.3) is 0 Å². The third-order valence-electron chi connectivity index (χ3n) is 10.4. The number of hydrogen-bond acceptors (Lipinski definition) is 8. The maximum atomic E-state index is 13.1. The lowest BCUT2D eigenvalue weighted by atomic mass is 9.39. The fourth-order valence-electron chi connectivity index (χ4n) is 8.35. The normalized spacial score (nSPS) is 43.4. The molecule has 2 saturated heterocycles. The minimum Gasteiger partial charge on any atom is -0.481 e. The van der Waals surface area contributed by atoms with Gasteiger partial charge in [-0.3, -0.25) is 14.4 Å². The van der Waals surface area contributed by atoms with Gasteiger partial charge in [-0.05, 0) is 36.8 Å². The van der Waals surface area contributed by atoms with Gasteiger partial charge in [0.1, 0.15) is 17.8 Å². The predicted molar refractivity (Wildman–Crippen MR) is 133 cm³/mol. The maximum absolute atomic E-state index is 13.1. The van der Waals surface area contributed by atoms with E-state index in [2.05, 4.69) is 6.58 Å². The molecule has 2 aliphatic heterocycles. The first-order chi connectivity index (χ1) is 17.6. The van der Waals surface area contributed by atoms with Gasteiger partial charge in [-0.2, -0.15) is 0 Å². The molecule has 2 bridgehead atoms. The lowest BCUT2D eigenvalue weighted by Gasteiger charge is -2.73. The number of fused-ring (bicyclic) bond motifs is 3. The minimum absolute atomic E-state index is 0.114. The van der Waals surface area contributed by atoms with Crippen molar-refractivity contribution >= 4 is 17.9 Å². The largest absolute Gasteiger partial charge is 0.481 e. The lowest BCUT2D eigenvalue weighted by molar-refractivity contribution is -0.344. The average molecular weight is 530 g/mol. The van der Waals surface area contributed by atoms with Gasteiger partial charge < -0.3 is 28.8 Å². The molecule has 1 radical (unpaired) electrons. The van der Waals surface area contributed by atoms with E-state index in [0.717, 1.165) is 0 Å². The number of hydrogen-bond donors (Lipinski definition) is 2. The third kappa shape index (κ3) is 3.33. The summed E-state index contributed by atoms with van der Waals surface area (Å²) in [6.07, 6.45) is 3.55. The van der Waals surface area contributed by atoms with Crippen molar-refractivity contribution in [3.63, 3.8) is 0 Å². The van der Waals surface area contributed by atoms with Crippen molar-refractivity contribution in [2.45, 2.75) is 96.2 Å². The fraction of sp³-hybridized carbons (Fsp3) is 0.655. The summed E-state index contributed by atoms with van der Waals surface area (Å²) in [6.45, 7) is 13.5. The van der Waals surface area contributed by atoms with Crippen LogP contribution in [0.4, 0.5) is 0 Å². The van der Waals surface area contributed by atoms with E-state index < -0.39 is 69.6 Å². The van der Waals surface area contributed by atoms with E-state index in [-0.39, 0.29) is 19.3 Å². The third-order valence-corrected chi connectivity index (χ3v) is 10.4. The summed E-state index contributed by atoms with van der Waals surface area (Å²) in [5, 5.41) is 22.2. The van der Waals surface area contributed by atoms with Gasteiger partial charge >= 0.3 is 17.9 Å². The zero-order chi connectivity index (χ0) is 27.9. The van der Waals surface area contributed by atoms with Gasteiger partial charge in [-0.15, -0.1) is 0 Å². The van der Waals surface area contributed by atoms with Gasteiger partial charge in [-0.25, -0.2) is 0 Å². The van der Waals surface area contributed by atoms with E-state index >= 15 is 0 Å². The number of esters is 2. The van der Waals surface area contributed by atoms with Crippen LogP contribution in [-0.2, 0) is 28.6 Å². The van der Waals surface area contributed by atoms with E-state index in [1.165, 1.54) is 13.2 Å². The van der Waals surface area contributed by atoms with Crippen molar-refractivity contribution in [2.24, 2.45) is 22.2 Å². The highest BCUT2D eigenvalue weighted by atomic mass is 16.6. The molecule has 207 valence electrons. The molecule has 1 aromatic rings. The Morgan fingerprint density at radius 2 is 1.95 bits per heavy atom. The summed E-state index contributed by atoms with van der Waals surface area (Å²) in [4.78, 5) is 36.9. The number of carbonyl (C=O) groups excluding carboxylic acids is 2. The molecule has 0 amide bonds. The number of rotatable bonds is 5. The second kappa shape index (κ2) is 8.42. The van der Waals surface area contributed by atoms with Crippen LogP contribution < -0.4 is 0 Å². The van der Waals surface area contributed by atoms with Gasteiger partial charge in [0.05, 0.1) is 30.7 Å². The van der Waals surface area contributed by atoms with Gasteiger partial charge in [0.25, 0.3) is 0 Å². The van der Waals surface area contributed by atoms with Gasteiger partial charge in [0.2, 0.25) is 0 Å². The van der Waals surface area contributed by atoms with E-state index in [4.69, 9.17) is 18.6 Å². The molecule has 0 unspecified atom stereocenters. The number of carbonyl (C=O) groups is 3. The van der Waals surface area contributed by atoms with E-state index in [1.807, 2.05) is 27.7 Å². The van der Waals surface area contributed by atoms with Crippen LogP contribution in [0.15, 0.2) is 35.2 Å². The monoisotopic (exact) mass is 529 g/mol. The first-order valence-electron chi connectivity index (χ1n) is 13.2. The Morgan fingerprint density at radius 1 is 1.24 bits per heavy atom. The average Bonchev–Trinajstić information content (AvgIpc) is 3.34. The van der Waals surface area contributed by atoms with Crippen LogP contribution in [0.2, 0.25) is 0 Å². The minimum atomic E-state index is -1.48. The summed E-state index contributed by atoms with van der Waals surface area (Å²) < 4.78 is 24.0. The van der Waals surface area contributed by atoms with Gasteiger partial charge in [0, 0.05) is 41.6 Å². The van der Waals surface area contributed by atoms with Crippen LogP contribution in [-0.4, -0.2) is 51.5 Å². The second-order valence-corrected chi connectivity index (χ2v) is 12.5. The Morgan fingerprint density at radius 3 is 2.55 bits per heavy atom. The molecular weight excluding hydrogens is 492 g/mol. The van der Waals surface area contributed by atoms with Crippen molar-refractivity contribution < 1.29 is 43.2 Å². The highest BCUT2D eigenvalue weighted by Gasteiger charge is 2.78. The van der Waals surface area contributed by atoms with Gasteiger partial charge in [-0.1, -0.05) is 34.3 Å². The van der Waals surface area contributed by atoms with Crippen molar-refractivity contribution in [2.75, 3.05) is 0 Å². The summed E-state index contributed by atoms with van der Waals surface area (Å²) in [7, 11) is 0. The van der Waals surface area contributed by atoms with Gasteiger partial charge in [0.15, 0.2) is 0 Å². The predicted octanol–water partition coefficient (Wildman–Crippen LogP) is 4.16. The Hall–Kier alpha value is -2.65. The van der Waals surface area contributed by atoms with Crippen LogP contribution in [0.5, 0.6) is 0 Å². The molecule has 2 aliphatic carbocycles. The summed E-state index contributed by atoms with van der Waals surface area (Å²) in [5.41, 5.74) is -4.10. The summed E-state index contributed by atoms with van der Waals surface area (Å²) in [5.74, 6) is -2.43. The summed E-state index contributed by atoms with van der Waals surface area (Å²) >= 11 is 0. The maximum Gasteiger partial charge on any atom is 0.309 e. The zero-order valence-electron chi connectivity index (χ0n) is 22.6. The number of cyclic esters (lactones) is 1. The van der Waals surface area contributed by atoms with E-state index in [9.17, 15) is 24.6 Å². The number of aliphatic carboxylic acids is 1. The molecule has 4 aliphatic rings.